The van der Waals surface area contributed by atoms with Gasteiger partial charge in [0, 0.05) is 40.6 Å². The predicted molar refractivity (Wildman–Crippen MR) is 125 cm³/mol. The summed E-state index contributed by atoms with van der Waals surface area (Å²) in [6, 6.07) is 11.7. The van der Waals surface area contributed by atoms with Gasteiger partial charge < -0.3 is 10.2 Å². The Morgan fingerprint density at radius 2 is 1.97 bits per heavy atom. The fourth-order valence-corrected chi connectivity index (χ4v) is 4.12. The maximum absolute atomic E-state index is 13.5. The van der Waals surface area contributed by atoms with Crippen molar-refractivity contribution in [2.24, 2.45) is 0 Å². The number of rotatable bonds is 4. The average Bonchev–Trinajstić information content (AvgIpc) is 2.74. The Bertz CT molecular complexity index is 1040. The number of pyridine rings is 2. The molecule has 2 aromatic heterocycles. The number of nitrogens with zero attached hydrogens (tertiary/aromatic N) is 3. The van der Waals surface area contributed by atoms with Crippen LogP contribution < -0.4 is 5.32 Å². The maximum Gasteiger partial charge on any atom is 0.257 e. The van der Waals surface area contributed by atoms with E-state index in [1.54, 1.807) is 6.20 Å². The summed E-state index contributed by atoms with van der Waals surface area (Å²) in [4.78, 5) is 24.6. The number of hydrogen-bond acceptors (Lipinski definition) is 4. The Hall–Kier alpha value is -2.37. The van der Waals surface area contributed by atoms with Gasteiger partial charge in [-0.2, -0.15) is 0 Å². The third-order valence-corrected chi connectivity index (χ3v) is 5.82. The molecule has 1 atom stereocenters. The SMILES string of the molecule is CCC1CCCCN1C(=O)c1cnc2nc(C)ccc2c1Nc1ccc(Cl)cc1.Cl. The van der Waals surface area contributed by atoms with Gasteiger partial charge in [-0.05, 0) is 69.0 Å². The van der Waals surface area contributed by atoms with Crippen molar-refractivity contribution in [1.82, 2.24) is 14.9 Å². The Balaban J connectivity index is 0.00000256. The van der Waals surface area contributed by atoms with Crippen LogP contribution in [0.3, 0.4) is 0 Å². The zero-order valence-electron chi connectivity index (χ0n) is 17.2. The number of hydrogen-bond donors (Lipinski definition) is 1. The second-order valence-electron chi connectivity index (χ2n) is 7.56. The van der Waals surface area contributed by atoms with E-state index in [2.05, 4.69) is 22.2 Å². The van der Waals surface area contributed by atoms with Gasteiger partial charge in [0.05, 0.1) is 11.3 Å². The molecule has 1 aliphatic rings. The van der Waals surface area contributed by atoms with E-state index in [1.165, 1.54) is 6.42 Å². The summed E-state index contributed by atoms with van der Waals surface area (Å²) in [6.07, 6.45) is 5.91. The van der Waals surface area contributed by atoms with Crippen LogP contribution in [0.4, 0.5) is 11.4 Å². The number of nitrogens with one attached hydrogen (secondary N) is 1. The van der Waals surface area contributed by atoms with E-state index in [1.807, 2.05) is 48.2 Å². The van der Waals surface area contributed by atoms with E-state index < -0.39 is 0 Å². The largest absolute Gasteiger partial charge is 0.354 e. The second kappa shape index (κ2) is 9.63. The van der Waals surface area contributed by atoms with Crippen molar-refractivity contribution in [3.63, 3.8) is 0 Å². The average molecular weight is 445 g/mol. The third kappa shape index (κ3) is 4.52. The van der Waals surface area contributed by atoms with E-state index in [9.17, 15) is 4.79 Å². The number of likely N-dealkylation sites (tertiary alicyclic amines) is 1. The van der Waals surface area contributed by atoms with E-state index in [-0.39, 0.29) is 24.4 Å². The molecular formula is C23H26Cl2N4O. The molecule has 0 saturated carbocycles. The highest BCUT2D eigenvalue weighted by molar-refractivity contribution is 6.30. The van der Waals surface area contributed by atoms with Crippen molar-refractivity contribution in [2.45, 2.75) is 45.6 Å². The zero-order valence-corrected chi connectivity index (χ0v) is 18.8. The van der Waals surface area contributed by atoms with Crippen LogP contribution in [0.15, 0.2) is 42.6 Å². The van der Waals surface area contributed by atoms with Gasteiger partial charge in [-0.1, -0.05) is 18.5 Å². The van der Waals surface area contributed by atoms with Crippen molar-refractivity contribution in [3.8, 4) is 0 Å². The second-order valence-corrected chi connectivity index (χ2v) is 8.00. The molecule has 0 spiro atoms. The van der Waals surface area contributed by atoms with Crippen molar-refractivity contribution in [1.29, 1.82) is 0 Å². The molecule has 3 heterocycles. The van der Waals surface area contributed by atoms with Crippen molar-refractivity contribution < 1.29 is 4.79 Å². The van der Waals surface area contributed by atoms with E-state index in [0.29, 0.717) is 16.2 Å². The van der Waals surface area contributed by atoms with E-state index in [4.69, 9.17) is 11.6 Å². The molecule has 1 fully saturated rings. The van der Waals surface area contributed by atoms with Gasteiger partial charge in [0.25, 0.3) is 5.91 Å². The Morgan fingerprint density at radius 3 is 2.70 bits per heavy atom. The lowest BCUT2D eigenvalue weighted by molar-refractivity contribution is 0.0609. The highest BCUT2D eigenvalue weighted by atomic mass is 35.5. The number of halogens is 2. The normalized spacial score (nSPS) is 16.2. The number of aryl methyl sites for hydroxylation is 1. The van der Waals surface area contributed by atoms with E-state index >= 15 is 0 Å². The summed E-state index contributed by atoms with van der Waals surface area (Å²) in [5.74, 6) is 0.0305. The molecule has 0 bridgehead atoms. The molecule has 30 heavy (non-hydrogen) atoms. The first kappa shape index (κ1) is 22.3. The van der Waals surface area contributed by atoms with Gasteiger partial charge in [-0.25, -0.2) is 9.97 Å². The monoisotopic (exact) mass is 444 g/mol. The summed E-state index contributed by atoms with van der Waals surface area (Å²) in [7, 11) is 0. The van der Waals surface area contributed by atoms with Crippen LogP contribution in [-0.4, -0.2) is 33.4 Å². The molecule has 7 heteroatoms. The summed E-state index contributed by atoms with van der Waals surface area (Å²) in [5.41, 5.74) is 3.71. The first-order valence-electron chi connectivity index (χ1n) is 10.2. The van der Waals surface area contributed by atoms with Gasteiger partial charge >= 0.3 is 0 Å². The predicted octanol–water partition coefficient (Wildman–Crippen LogP) is 6.16. The Morgan fingerprint density at radius 1 is 1.20 bits per heavy atom. The van der Waals surface area contributed by atoms with Gasteiger partial charge in [0.1, 0.15) is 0 Å². The van der Waals surface area contributed by atoms with Crippen LogP contribution in [0.5, 0.6) is 0 Å². The first-order valence-corrected chi connectivity index (χ1v) is 10.5. The smallest absolute Gasteiger partial charge is 0.257 e. The van der Waals surface area contributed by atoms with Gasteiger partial charge in [0.2, 0.25) is 0 Å². The molecule has 4 rings (SSSR count). The van der Waals surface area contributed by atoms with Crippen LogP contribution in [0.1, 0.15) is 48.7 Å². The number of benzene rings is 1. The Kier molecular flexibility index (Phi) is 7.16. The molecule has 1 amide bonds. The van der Waals surface area contributed by atoms with Crippen LogP contribution in [0.25, 0.3) is 11.0 Å². The molecule has 0 radical (unpaired) electrons. The topological polar surface area (TPSA) is 58.1 Å². The standard InChI is InChI=1S/C23H25ClN4O.ClH/c1-3-18-6-4-5-13-28(18)23(29)20-14-25-22-19(12-7-15(2)26-22)21(20)27-17-10-8-16(24)9-11-17;/h7-12,14,18H,3-6,13H2,1-2H3,(H,25,26,27);1H. The van der Waals surface area contributed by atoms with Crippen molar-refractivity contribution in [3.05, 3.63) is 58.9 Å². The van der Waals surface area contributed by atoms with Crippen LogP contribution in [0, 0.1) is 6.92 Å². The van der Waals surface area contributed by atoms with Crippen molar-refractivity contribution >= 4 is 52.3 Å². The Labute approximate surface area is 188 Å². The van der Waals surface area contributed by atoms with Gasteiger partial charge in [-0.3, -0.25) is 4.79 Å². The van der Waals surface area contributed by atoms with Crippen LogP contribution in [0.2, 0.25) is 5.02 Å². The lowest BCUT2D eigenvalue weighted by atomic mass is 9.98. The quantitative estimate of drug-likeness (QED) is 0.523. The summed E-state index contributed by atoms with van der Waals surface area (Å²) in [6.45, 7) is 4.88. The maximum atomic E-state index is 13.5. The molecule has 5 nitrogen and oxygen atoms in total. The number of amides is 1. The molecule has 158 valence electrons. The fraction of sp³-hybridized carbons (Fsp3) is 0.348. The minimum Gasteiger partial charge on any atom is -0.354 e. The highest BCUT2D eigenvalue weighted by Gasteiger charge is 2.28. The fourth-order valence-electron chi connectivity index (χ4n) is 3.99. The molecule has 1 N–H and O–H groups in total. The lowest BCUT2D eigenvalue weighted by Crippen LogP contribution is -2.43. The summed E-state index contributed by atoms with van der Waals surface area (Å²) in [5, 5.41) is 4.93. The molecule has 1 aromatic carbocycles. The molecule has 1 saturated heterocycles. The molecule has 1 unspecified atom stereocenters. The number of anilines is 2. The van der Waals surface area contributed by atoms with Gasteiger partial charge in [0.15, 0.2) is 5.65 Å². The summed E-state index contributed by atoms with van der Waals surface area (Å²) >= 11 is 6.03. The minimum absolute atomic E-state index is 0. The molecular weight excluding hydrogens is 419 g/mol. The lowest BCUT2D eigenvalue weighted by Gasteiger charge is -2.35. The van der Waals surface area contributed by atoms with E-state index in [0.717, 1.165) is 48.3 Å². The third-order valence-electron chi connectivity index (χ3n) is 5.57. The number of piperidine rings is 1. The summed E-state index contributed by atoms with van der Waals surface area (Å²) < 4.78 is 0. The van der Waals surface area contributed by atoms with Crippen LogP contribution >= 0.6 is 24.0 Å². The number of fused-ring (bicyclic) bond motifs is 1. The minimum atomic E-state index is 0. The number of carbonyl (C=O) groups excluding carboxylic acids is 1. The highest BCUT2D eigenvalue weighted by Crippen LogP contribution is 2.32. The molecule has 1 aliphatic heterocycles. The molecule has 0 aliphatic carbocycles. The molecule has 3 aromatic rings. The van der Waals surface area contributed by atoms with Crippen LogP contribution in [-0.2, 0) is 0 Å². The number of carbonyl (C=O) groups is 1. The van der Waals surface area contributed by atoms with Crippen molar-refractivity contribution in [2.75, 3.05) is 11.9 Å². The zero-order chi connectivity index (χ0) is 20.4. The van der Waals surface area contributed by atoms with Gasteiger partial charge in [-0.15, -0.1) is 12.4 Å². The first-order chi connectivity index (χ1) is 14.1. The number of aromatic nitrogens is 2.